The van der Waals surface area contributed by atoms with E-state index in [2.05, 4.69) is 52.2 Å². The number of nitrogens with one attached hydrogen (secondary N) is 2. The van der Waals surface area contributed by atoms with E-state index in [1.54, 1.807) is 0 Å². The van der Waals surface area contributed by atoms with E-state index >= 15 is 0 Å². The number of fused-ring (bicyclic) bond motifs is 2. The molecule has 0 aliphatic heterocycles. The van der Waals surface area contributed by atoms with Gasteiger partial charge in [0.15, 0.2) is 0 Å². The summed E-state index contributed by atoms with van der Waals surface area (Å²) in [4.78, 5) is 11.0. The predicted molar refractivity (Wildman–Crippen MR) is 78.1 cm³/mol. The molecule has 0 fully saturated rings. The maximum absolute atomic E-state index is 4.43. The molecule has 0 bridgehead atoms. The van der Waals surface area contributed by atoms with Crippen molar-refractivity contribution in [2.24, 2.45) is 0 Å². The van der Waals surface area contributed by atoms with Crippen molar-refractivity contribution >= 4 is 21.9 Å². The van der Waals surface area contributed by atoms with Crippen LogP contribution < -0.4 is 0 Å². The van der Waals surface area contributed by atoms with E-state index < -0.39 is 0 Å². The quantitative estimate of drug-likeness (QED) is 0.524. The molecule has 4 rings (SSSR count). The minimum absolute atomic E-state index is 0.927. The molecule has 3 nitrogen and oxygen atoms in total. The van der Waals surface area contributed by atoms with Crippen LogP contribution in [0.3, 0.4) is 0 Å². The Kier molecular flexibility index (Phi) is 2.03. The molecule has 0 atom stereocenters. The van der Waals surface area contributed by atoms with Crippen molar-refractivity contribution in [2.75, 3.05) is 0 Å². The number of aromatic nitrogens is 3. The Labute approximate surface area is 110 Å². The fourth-order valence-electron chi connectivity index (χ4n) is 2.48. The molecular weight excluding hydrogens is 234 g/mol. The molecule has 92 valence electrons. The molecule has 0 unspecified atom stereocenters. The second kappa shape index (κ2) is 3.72. The van der Waals surface area contributed by atoms with Crippen LogP contribution in [-0.2, 0) is 0 Å². The van der Waals surface area contributed by atoms with Gasteiger partial charge in [-0.15, -0.1) is 0 Å². The first-order chi connectivity index (χ1) is 9.29. The van der Waals surface area contributed by atoms with Crippen LogP contribution in [0.5, 0.6) is 0 Å². The third kappa shape index (κ3) is 1.63. The average Bonchev–Trinajstić information content (AvgIpc) is 3.02. The molecule has 3 heteroatoms. The van der Waals surface area contributed by atoms with Crippen LogP contribution in [0.15, 0.2) is 48.8 Å². The van der Waals surface area contributed by atoms with Crippen LogP contribution in [0, 0.1) is 6.92 Å². The summed E-state index contributed by atoms with van der Waals surface area (Å²) in [6.45, 7) is 2.10. The van der Waals surface area contributed by atoms with Gasteiger partial charge in [-0.05, 0) is 36.8 Å². The number of nitrogens with zero attached hydrogens (tertiary/aromatic N) is 1. The van der Waals surface area contributed by atoms with Crippen LogP contribution in [0.1, 0.15) is 5.56 Å². The first kappa shape index (κ1) is 10.4. The first-order valence-electron chi connectivity index (χ1n) is 6.32. The molecule has 4 aromatic rings. The van der Waals surface area contributed by atoms with Gasteiger partial charge in [-0.25, -0.2) is 4.98 Å². The summed E-state index contributed by atoms with van der Waals surface area (Å²) in [5.41, 5.74) is 5.58. The molecule has 0 spiro atoms. The summed E-state index contributed by atoms with van der Waals surface area (Å²) in [6.07, 6.45) is 3.81. The number of pyridine rings is 1. The molecule has 0 radical (unpaired) electrons. The molecule has 19 heavy (non-hydrogen) atoms. The molecular formula is C16H13N3. The van der Waals surface area contributed by atoms with E-state index in [0.29, 0.717) is 0 Å². The van der Waals surface area contributed by atoms with E-state index in [0.717, 1.165) is 22.3 Å². The van der Waals surface area contributed by atoms with Gasteiger partial charge in [0, 0.05) is 39.9 Å². The average molecular weight is 247 g/mol. The van der Waals surface area contributed by atoms with E-state index in [4.69, 9.17) is 0 Å². The number of hydrogen-bond donors (Lipinski definition) is 2. The third-order valence-corrected chi connectivity index (χ3v) is 3.49. The normalized spacial score (nSPS) is 11.4. The lowest BCUT2D eigenvalue weighted by atomic mass is 10.1. The lowest BCUT2D eigenvalue weighted by Crippen LogP contribution is -1.81. The summed E-state index contributed by atoms with van der Waals surface area (Å²) in [6, 6.07) is 12.8. The van der Waals surface area contributed by atoms with Gasteiger partial charge in [-0.3, -0.25) is 0 Å². The Morgan fingerprint density at radius 3 is 2.89 bits per heavy atom. The Balaban J connectivity index is 1.92. The van der Waals surface area contributed by atoms with Crippen molar-refractivity contribution in [1.29, 1.82) is 0 Å². The SMILES string of the molecule is Cc1ccc2cc(-c3cnc4[nH]ccc4c3)[nH]c2c1. The zero-order valence-corrected chi connectivity index (χ0v) is 10.6. The Bertz CT molecular complexity index is 883. The van der Waals surface area contributed by atoms with Crippen LogP contribution in [0.4, 0.5) is 0 Å². The highest BCUT2D eigenvalue weighted by atomic mass is 14.8. The van der Waals surface area contributed by atoms with Crippen LogP contribution in [0.2, 0.25) is 0 Å². The second-order valence-electron chi connectivity index (χ2n) is 4.91. The van der Waals surface area contributed by atoms with Gasteiger partial charge in [0.2, 0.25) is 0 Å². The summed E-state index contributed by atoms with van der Waals surface area (Å²) in [7, 11) is 0. The lowest BCUT2D eigenvalue weighted by Gasteiger charge is -1.97. The van der Waals surface area contributed by atoms with Crippen molar-refractivity contribution in [3.05, 3.63) is 54.4 Å². The zero-order valence-electron chi connectivity index (χ0n) is 10.6. The predicted octanol–water partition coefficient (Wildman–Crippen LogP) is 4.02. The standard InChI is InChI=1S/C16H13N3/c1-10-2-3-11-8-15(19-14(11)6-10)13-7-12-4-5-17-16(12)18-9-13/h2-9,19H,1H3,(H,17,18). The molecule has 3 aromatic heterocycles. The molecule has 0 saturated heterocycles. The highest BCUT2D eigenvalue weighted by Crippen LogP contribution is 2.26. The monoisotopic (exact) mass is 247 g/mol. The molecule has 3 heterocycles. The minimum atomic E-state index is 0.927. The van der Waals surface area contributed by atoms with Crippen LogP contribution in [0.25, 0.3) is 33.2 Å². The Morgan fingerprint density at radius 2 is 1.95 bits per heavy atom. The topological polar surface area (TPSA) is 44.5 Å². The summed E-state index contributed by atoms with van der Waals surface area (Å²) < 4.78 is 0. The van der Waals surface area contributed by atoms with Gasteiger partial charge >= 0.3 is 0 Å². The zero-order chi connectivity index (χ0) is 12.8. The van der Waals surface area contributed by atoms with E-state index in [1.807, 2.05) is 18.5 Å². The molecule has 0 saturated carbocycles. The fraction of sp³-hybridized carbons (Fsp3) is 0.0625. The second-order valence-corrected chi connectivity index (χ2v) is 4.91. The Hall–Kier alpha value is -2.55. The minimum Gasteiger partial charge on any atom is -0.354 e. The number of H-pyrrole nitrogens is 2. The van der Waals surface area contributed by atoms with Crippen molar-refractivity contribution in [2.45, 2.75) is 6.92 Å². The number of benzene rings is 1. The first-order valence-corrected chi connectivity index (χ1v) is 6.32. The molecule has 0 aliphatic carbocycles. The fourth-order valence-corrected chi connectivity index (χ4v) is 2.48. The van der Waals surface area contributed by atoms with Crippen molar-refractivity contribution in [1.82, 2.24) is 15.0 Å². The summed E-state index contributed by atoms with van der Waals surface area (Å²) in [5, 5.41) is 2.36. The molecule has 0 aliphatic rings. The third-order valence-electron chi connectivity index (χ3n) is 3.49. The van der Waals surface area contributed by atoms with Gasteiger partial charge in [0.05, 0.1) is 0 Å². The largest absolute Gasteiger partial charge is 0.354 e. The Morgan fingerprint density at radius 1 is 1.00 bits per heavy atom. The van der Waals surface area contributed by atoms with Gasteiger partial charge in [0.25, 0.3) is 0 Å². The number of hydrogen-bond acceptors (Lipinski definition) is 1. The highest BCUT2D eigenvalue weighted by molar-refractivity contribution is 5.88. The van der Waals surface area contributed by atoms with Gasteiger partial charge in [0.1, 0.15) is 5.65 Å². The smallest absolute Gasteiger partial charge is 0.137 e. The van der Waals surface area contributed by atoms with Crippen molar-refractivity contribution in [3.8, 4) is 11.3 Å². The number of rotatable bonds is 1. The summed E-state index contributed by atoms with van der Waals surface area (Å²) >= 11 is 0. The van der Waals surface area contributed by atoms with E-state index in [-0.39, 0.29) is 0 Å². The molecule has 1 aromatic carbocycles. The van der Waals surface area contributed by atoms with Gasteiger partial charge in [-0.1, -0.05) is 12.1 Å². The molecule has 0 amide bonds. The maximum Gasteiger partial charge on any atom is 0.137 e. The highest BCUT2D eigenvalue weighted by Gasteiger charge is 2.05. The van der Waals surface area contributed by atoms with Gasteiger partial charge < -0.3 is 9.97 Å². The van der Waals surface area contributed by atoms with Crippen LogP contribution >= 0.6 is 0 Å². The van der Waals surface area contributed by atoms with Crippen LogP contribution in [-0.4, -0.2) is 15.0 Å². The van der Waals surface area contributed by atoms with Crippen molar-refractivity contribution in [3.63, 3.8) is 0 Å². The molecule has 2 N–H and O–H groups in total. The summed E-state index contributed by atoms with van der Waals surface area (Å²) in [5.74, 6) is 0. The lowest BCUT2D eigenvalue weighted by molar-refractivity contribution is 1.32. The number of aryl methyl sites for hydroxylation is 1. The van der Waals surface area contributed by atoms with Gasteiger partial charge in [-0.2, -0.15) is 0 Å². The maximum atomic E-state index is 4.43. The van der Waals surface area contributed by atoms with E-state index in [1.165, 1.54) is 16.5 Å². The number of aromatic amines is 2. The van der Waals surface area contributed by atoms with E-state index in [9.17, 15) is 0 Å². The van der Waals surface area contributed by atoms with Crippen molar-refractivity contribution < 1.29 is 0 Å².